The number of carbonyl (C=O) groups is 1. The highest BCUT2D eigenvalue weighted by atomic mass is 32.3. The van der Waals surface area contributed by atoms with Gasteiger partial charge in [0.1, 0.15) is 0 Å². The molecule has 0 radical (unpaired) electrons. The Kier molecular flexibility index (Phi) is 10.2. The lowest BCUT2D eigenvalue weighted by atomic mass is 10.2. The Morgan fingerprint density at radius 1 is 1.17 bits per heavy atom. The van der Waals surface area contributed by atoms with E-state index in [2.05, 4.69) is 28.1 Å². The quantitative estimate of drug-likeness (QED) is 0.578. The van der Waals surface area contributed by atoms with E-state index >= 15 is 0 Å². The van der Waals surface area contributed by atoms with Crippen LogP contribution in [0.4, 0.5) is 5.69 Å². The van der Waals surface area contributed by atoms with E-state index in [9.17, 15) is 13.2 Å². The first kappa shape index (κ1) is 22.3. The van der Waals surface area contributed by atoms with E-state index in [1.165, 1.54) is 5.69 Å². The van der Waals surface area contributed by atoms with E-state index in [-0.39, 0.29) is 5.91 Å². The Hall–Kier alpha value is -1.68. The highest BCUT2D eigenvalue weighted by Gasteiger charge is 2.12. The minimum atomic E-state index is -4.16. The van der Waals surface area contributed by atoms with Crippen LogP contribution >= 0.6 is 0 Å². The van der Waals surface area contributed by atoms with E-state index < -0.39 is 10.4 Å². The van der Waals surface area contributed by atoms with Gasteiger partial charge in [-0.25, -0.2) is 5.01 Å². The van der Waals surface area contributed by atoms with Gasteiger partial charge in [-0.05, 0) is 19.1 Å². The van der Waals surface area contributed by atoms with Gasteiger partial charge in [0, 0.05) is 46.3 Å². The Labute approximate surface area is 144 Å². The van der Waals surface area contributed by atoms with E-state index in [0.717, 1.165) is 20.2 Å². The molecule has 0 bridgehead atoms. The van der Waals surface area contributed by atoms with E-state index in [0.29, 0.717) is 6.42 Å². The summed E-state index contributed by atoms with van der Waals surface area (Å²) in [5, 5.41) is 3.43. The maximum absolute atomic E-state index is 11.9. The molecule has 138 valence electrons. The first-order chi connectivity index (χ1) is 11.1. The van der Waals surface area contributed by atoms with Gasteiger partial charge in [0.2, 0.25) is 5.91 Å². The van der Waals surface area contributed by atoms with Crippen molar-refractivity contribution in [1.82, 2.24) is 10.0 Å². The summed E-state index contributed by atoms with van der Waals surface area (Å²) >= 11 is 0. The fraction of sp³-hybridized carbons (Fsp3) is 0.533. The van der Waals surface area contributed by atoms with E-state index in [1.54, 1.807) is 17.1 Å². The number of hydrogen-bond acceptors (Lipinski definition) is 6. The second-order valence-electron chi connectivity index (χ2n) is 5.02. The van der Waals surface area contributed by atoms with Crippen LogP contribution in [-0.2, 0) is 19.4 Å². The van der Waals surface area contributed by atoms with Crippen molar-refractivity contribution in [3.8, 4) is 0 Å². The van der Waals surface area contributed by atoms with Crippen LogP contribution in [0.25, 0.3) is 0 Å². The largest absolute Gasteiger partial charge is 0.397 e. The molecule has 0 spiro atoms. The molecule has 1 N–H and O–H groups in total. The molecule has 8 nitrogen and oxygen atoms in total. The molecule has 0 unspecified atom stereocenters. The van der Waals surface area contributed by atoms with Crippen LogP contribution in [0.15, 0.2) is 30.3 Å². The molecule has 0 atom stereocenters. The highest BCUT2D eigenvalue weighted by molar-refractivity contribution is 7.80. The highest BCUT2D eigenvalue weighted by Crippen LogP contribution is 2.13. The van der Waals surface area contributed by atoms with Crippen molar-refractivity contribution in [2.24, 2.45) is 0 Å². The molecule has 24 heavy (non-hydrogen) atoms. The summed E-state index contributed by atoms with van der Waals surface area (Å²) in [6.45, 7) is 3.76. The predicted octanol–water partition coefficient (Wildman–Crippen LogP) is 1.27. The Morgan fingerprint density at radius 2 is 1.67 bits per heavy atom. The van der Waals surface area contributed by atoms with E-state index in [4.69, 9.17) is 4.55 Å². The van der Waals surface area contributed by atoms with Gasteiger partial charge in [0.15, 0.2) is 0 Å². The lowest BCUT2D eigenvalue weighted by Gasteiger charge is -2.27. The molecule has 0 saturated carbocycles. The molecule has 0 aliphatic heterocycles. The van der Waals surface area contributed by atoms with Gasteiger partial charge in [-0.3, -0.25) is 18.5 Å². The summed E-state index contributed by atoms with van der Waals surface area (Å²) in [4.78, 5) is 14.1. The molecule has 0 heterocycles. The van der Waals surface area contributed by atoms with Gasteiger partial charge in [-0.1, -0.05) is 18.2 Å². The van der Waals surface area contributed by atoms with Crippen molar-refractivity contribution in [3.05, 3.63) is 30.3 Å². The molecule has 0 fully saturated rings. The van der Waals surface area contributed by atoms with Crippen molar-refractivity contribution in [2.45, 2.75) is 13.3 Å². The second kappa shape index (κ2) is 11.0. The molecule has 1 rings (SSSR count). The van der Waals surface area contributed by atoms with Crippen LogP contribution in [0.2, 0.25) is 0 Å². The maximum atomic E-state index is 11.9. The fourth-order valence-electron chi connectivity index (χ4n) is 1.72. The van der Waals surface area contributed by atoms with Crippen LogP contribution in [-0.4, -0.2) is 70.2 Å². The zero-order chi connectivity index (χ0) is 18.8. The fourth-order valence-corrected chi connectivity index (χ4v) is 1.72. The monoisotopic (exact) mass is 361 g/mol. The van der Waals surface area contributed by atoms with Crippen LogP contribution in [0, 0.1) is 0 Å². The van der Waals surface area contributed by atoms with Crippen LogP contribution in [0.3, 0.4) is 0 Å². The summed E-state index contributed by atoms with van der Waals surface area (Å²) in [5.74, 6) is 0.134. The standard InChI is InChI=1S/C14H23N3O.CH4O4S/c1-5-17(13-9-7-6-8-10-13)12-11-14(18)16(4)15(2)3;1-5-6(2,3)4/h6-10H,5,11-12H2,1-4H3;1H3,(H,2,3,4). The number of hydrogen-bond donors (Lipinski definition) is 1. The number of para-hydroxylation sites is 1. The first-order valence-electron chi connectivity index (χ1n) is 7.39. The lowest BCUT2D eigenvalue weighted by molar-refractivity contribution is -0.141. The maximum Gasteiger partial charge on any atom is 0.397 e. The predicted molar refractivity (Wildman–Crippen MR) is 94.0 cm³/mol. The van der Waals surface area contributed by atoms with Gasteiger partial charge < -0.3 is 4.90 Å². The molecule has 1 aromatic rings. The first-order valence-corrected chi connectivity index (χ1v) is 8.75. The van der Waals surface area contributed by atoms with Gasteiger partial charge in [-0.2, -0.15) is 8.42 Å². The molecule has 9 heteroatoms. The Morgan fingerprint density at radius 3 is 2.04 bits per heavy atom. The molecule has 0 aromatic heterocycles. The summed E-state index contributed by atoms with van der Waals surface area (Å²) < 4.78 is 29.7. The van der Waals surface area contributed by atoms with Crippen molar-refractivity contribution >= 4 is 22.0 Å². The zero-order valence-electron chi connectivity index (χ0n) is 14.8. The number of hydrazine groups is 1. The van der Waals surface area contributed by atoms with Crippen LogP contribution < -0.4 is 4.90 Å². The average molecular weight is 361 g/mol. The van der Waals surface area contributed by atoms with Gasteiger partial charge in [0.25, 0.3) is 0 Å². The Balaban J connectivity index is 0.000000754. The van der Waals surface area contributed by atoms with Crippen LogP contribution in [0.5, 0.6) is 0 Å². The molecule has 0 aliphatic rings. The summed E-state index contributed by atoms with van der Waals surface area (Å²) in [6, 6.07) is 10.2. The second-order valence-corrected chi connectivity index (χ2v) is 6.21. The summed E-state index contributed by atoms with van der Waals surface area (Å²) in [6.07, 6.45) is 0.525. The normalized spacial score (nSPS) is 10.8. The molecule has 1 amide bonds. The molecule has 0 aliphatic carbocycles. The third-order valence-electron chi connectivity index (χ3n) is 3.27. The summed E-state index contributed by atoms with van der Waals surface area (Å²) in [7, 11) is 2.24. The van der Waals surface area contributed by atoms with Gasteiger partial charge in [-0.15, -0.1) is 0 Å². The average Bonchev–Trinajstić information content (AvgIpc) is 2.55. The minimum absolute atomic E-state index is 0.134. The van der Waals surface area contributed by atoms with Crippen molar-refractivity contribution in [1.29, 1.82) is 0 Å². The Bertz CT molecular complexity index is 578. The number of amides is 1. The molecular formula is C15H27N3O5S. The number of rotatable bonds is 7. The molecule has 1 aromatic carbocycles. The minimum Gasteiger partial charge on any atom is -0.371 e. The SMILES string of the molecule is CCN(CCC(=O)N(C)N(C)C)c1ccccc1.COS(=O)(=O)O. The van der Waals surface area contributed by atoms with Gasteiger partial charge in [0.05, 0.1) is 7.11 Å². The van der Waals surface area contributed by atoms with Crippen LogP contribution in [0.1, 0.15) is 13.3 Å². The number of nitrogens with zero attached hydrogens (tertiary/aromatic N) is 3. The zero-order valence-corrected chi connectivity index (χ0v) is 15.7. The van der Waals surface area contributed by atoms with Crippen molar-refractivity contribution < 1.29 is 21.9 Å². The van der Waals surface area contributed by atoms with Crippen molar-refractivity contribution in [3.63, 3.8) is 0 Å². The van der Waals surface area contributed by atoms with Gasteiger partial charge >= 0.3 is 10.4 Å². The molecular weight excluding hydrogens is 334 g/mol. The number of benzene rings is 1. The lowest BCUT2D eigenvalue weighted by Crippen LogP contribution is -2.40. The molecule has 0 saturated heterocycles. The third-order valence-corrected chi connectivity index (χ3v) is 3.69. The summed E-state index contributed by atoms with van der Waals surface area (Å²) in [5.41, 5.74) is 1.17. The third kappa shape index (κ3) is 9.46. The topological polar surface area (TPSA) is 90.4 Å². The number of anilines is 1. The smallest absolute Gasteiger partial charge is 0.371 e. The number of carbonyl (C=O) groups excluding carboxylic acids is 1. The van der Waals surface area contributed by atoms with Crippen molar-refractivity contribution in [2.75, 3.05) is 46.2 Å². The van der Waals surface area contributed by atoms with E-state index in [1.807, 2.05) is 32.3 Å².